The summed E-state index contributed by atoms with van der Waals surface area (Å²) in [6.45, 7) is 6.33. The average molecular weight is 322 g/mol. The van der Waals surface area contributed by atoms with Gasteiger partial charge in [-0.2, -0.15) is 0 Å². The highest BCUT2D eigenvalue weighted by atomic mass is 16.5. The number of amides is 2. The first-order valence-corrected chi connectivity index (χ1v) is 8.02. The van der Waals surface area contributed by atoms with E-state index in [-0.39, 0.29) is 18.2 Å². The van der Waals surface area contributed by atoms with E-state index in [2.05, 4.69) is 5.32 Å². The largest absolute Gasteiger partial charge is 0.491 e. The zero-order chi connectivity index (χ0) is 16.7. The number of morpholine rings is 1. The van der Waals surface area contributed by atoms with E-state index in [1.54, 1.807) is 12.0 Å². The molecule has 6 nitrogen and oxygen atoms in total. The molecule has 2 amide bonds. The molecule has 1 saturated heterocycles. The Balaban J connectivity index is 1.94. The third kappa shape index (κ3) is 5.41. The SMILES string of the molecule is COCCCOc1ccccc1NC(=O)N1C[C@H](C)O[C@@H](C)C1. The number of anilines is 1. The van der Waals surface area contributed by atoms with Crippen molar-refractivity contribution < 1.29 is 19.0 Å². The quantitative estimate of drug-likeness (QED) is 0.818. The van der Waals surface area contributed by atoms with Crippen LogP contribution >= 0.6 is 0 Å². The number of benzene rings is 1. The molecule has 1 aromatic carbocycles. The van der Waals surface area contributed by atoms with Gasteiger partial charge >= 0.3 is 6.03 Å². The molecule has 1 heterocycles. The van der Waals surface area contributed by atoms with Gasteiger partial charge in [-0.15, -0.1) is 0 Å². The van der Waals surface area contributed by atoms with Crippen LogP contribution in [0.5, 0.6) is 5.75 Å². The Hall–Kier alpha value is -1.79. The molecule has 1 N–H and O–H groups in total. The minimum atomic E-state index is -0.125. The van der Waals surface area contributed by atoms with Gasteiger partial charge in [0.1, 0.15) is 5.75 Å². The minimum Gasteiger partial charge on any atom is -0.491 e. The van der Waals surface area contributed by atoms with Crippen molar-refractivity contribution in [1.29, 1.82) is 0 Å². The predicted octanol–water partition coefficient (Wildman–Crippen LogP) is 2.74. The molecule has 1 aliphatic heterocycles. The standard InChI is InChI=1S/C17H26N2O4/c1-13-11-19(12-14(2)23-13)17(20)18-15-7-4-5-8-16(15)22-10-6-9-21-3/h4-5,7-8,13-14H,6,9-12H2,1-3H3,(H,18,20)/t13-,14-/m0/s1. The molecule has 0 spiro atoms. The van der Waals surface area contributed by atoms with E-state index in [0.29, 0.717) is 37.7 Å². The Bertz CT molecular complexity index is 499. The van der Waals surface area contributed by atoms with Crippen molar-refractivity contribution in [2.45, 2.75) is 32.5 Å². The lowest BCUT2D eigenvalue weighted by Crippen LogP contribution is -2.49. The molecular weight excluding hydrogens is 296 g/mol. The number of nitrogens with one attached hydrogen (secondary N) is 1. The maximum absolute atomic E-state index is 12.5. The monoisotopic (exact) mass is 322 g/mol. The van der Waals surface area contributed by atoms with Crippen LogP contribution < -0.4 is 10.1 Å². The van der Waals surface area contributed by atoms with Gasteiger partial charge in [0.15, 0.2) is 0 Å². The first kappa shape index (κ1) is 17.6. The van der Waals surface area contributed by atoms with E-state index in [4.69, 9.17) is 14.2 Å². The van der Waals surface area contributed by atoms with E-state index in [1.165, 1.54) is 0 Å². The number of carbonyl (C=O) groups is 1. The van der Waals surface area contributed by atoms with Gasteiger partial charge in [0.05, 0.1) is 24.5 Å². The normalized spacial score (nSPS) is 21.1. The summed E-state index contributed by atoms with van der Waals surface area (Å²) < 4.78 is 16.4. The number of nitrogens with zero attached hydrogens (tertiary/aromatic N) is 1. The van der Waals surface area contributed by atoms with Crippen LogP contribution in [0.3, 0.4) is 0 Å². The number of urea groups is 1. The van der Waals surface area contributed by atoms with Crippen LogP contribution in [0.4, 0.5) is 10.5 Å². The Morgan fingerprint density at radius 2 is 1.96 bits per heavy atom. The Morgan fingerprint density at radius 1 is 1.26 bits per heavy atom. The fourth-order valence-electron chi connectivity index (χ4n) is 2.62. The first-order chi connectivity index (χ1) is 11.1. The van der Waals surface area contributed by atoms with Gasteiger partial charge in [0, 0.05) is 33.2 Å². The third-order valence-corrected chi connectivity index (χ3v) is 3.59. The fourth-order valence-corrected chi connectivity index (χ4v) is 2.62. The van der Waals surface area contributed by atoms with Crippen molar-refractivity contribution in [3.05, 3.63) is 24.3 Å². The van der Waals surface area contributed by atoms with Crippen molar-refractivity contribution in [2.75, 3.05) is 38.7 Å². The molecule has 2 atom stereocenters. The summed E-state index contributed by atoms with van der Waals surface area (Å²) in [6, 6.07) is 7.34. The Morgan fingerprint density at radius 3 is 2.65 bits per heavy atom. The highest BCUT2D eigenvalue weighted by Gasteiger charge is 2.26. The second-order valence-corrected chi connectivity index (χ2v) is 5.78. The van der Waals surface area contributed by atoms with Gasteiger partial charge in [0.2, 0.25) is 0 Å². The lowest BCUT2D eigenvalue weighted by atomic mass is 10.2. The van der Waals surface area contributed by atoms with Crippen LogP contribution in [0.2, 0.25) is 0 Å². The summed E-state index contributed by atoms with van der Waals surface area (Å²) >= 11 is 0. The van der Waals surface area contributed by atoms with Gasteiger partial charge in [-0.05, 0) is 26.0 Å². The second kappa shape index (κ2) is 8.74. The molecule has 2 rings (SSSR count). The molecule has 0 saturated carbocycles. The van der Waals surface area contributed by atoms with E-state index < -0.39 is 0 Å². The first-order valence-electron chi connectivity index (χ1n) is 8.02. The molecule has 23 heavy (non-hydrogen) atoms. The van der Waals surface area contributed by atoms with Crippen LogP contribution in [0, 0.1) is 0 Å². The lowest BCUT2D eigenvalue weighted by Gasteiger charge is -2.35. The average Bonchev–Trinajstić information content (AvgIpc) is 2.52. The Kier molecular flexibility index (Phi) is 6.67. The zero-order valence-electron chi connectivity index (χ0n) is 14.1. The molecular formula is C17H26N2O4. The van der Waals surface area contributed by atoms with Crippen LogP contribution in [0.25, 0.3) is 0 Å². The van der Waals surface area contributed by atoms with Crippen LogP contribution in [-0.2, 0) is 9.47 Å². The summed E-state index contributed by atoms with van der Waals surface area (Å²) in [5.41, 5.74) is 0.682. The summed E-state index contributed by atoms with van der Waals surface area (Å²) in [7, 11) is 1.67. The summed E-state index contributed by atoms with van der Waals surface area (Å²) in [5.74, 6) is 0.673. The number of methoxy groups -OCH3 is 1. The number of carbonyl (C=O) groups excluding carboxylic acids is 1. The van der Waals surface area contributed by atoms with Gasteiger partial charge < -0.3 is 24.4 Å². The van der Waals surface area contributed by atoms with Gasteiger partial charge in [0.25, 0.3) is 0 Å². The molecule has 0 radical (unpaired) electrons. The zero-order valence-corrected chi connectivity index (χ0v) is 14.1. The van der Waals surface area contributed by atoms with Crippen molar-refractivity contribution >= 4 is 11.7 Å². The molecule has 0 bridgehead atoms. The van der Waals surface area contributed by atoms with Crippen LogP contribution in [-0.4, -0.2) is 56.6 Å². The van der Waals surface area contributed by atoms with Gasteiger partial charge in [-0.25, -0.2) is 4.79 Å². The van der Waals surface area contributed by atoms with Gasteiger partial charge in [-0.3, -0.25) is 0 Å². The van der Waals surface area contributed by atoms with E-state index >= 15 is 0 Å². The topological polar surface area (TPSA) is 60.0 Å². The maximum Gasteiger partial charge on any atom is 0.322 e. The van der Waals surface area contributed by atoms with E-state index in [1.807, 2.05) is 38.1 Å². The molecule has 6 heteroatoms. The number of rotatable bonds is 6. The molecule has 128 valence electrons. The van der Waals surface area contributed by atoms with Crippen molar-refractivity contribution in [3.63, 3.8) is 0 Å². The predicted molar refractivity (Wildman–Crippen MR) is 89.0 cm³/mol. The Labute approximate surface area is 137 Å². The van der Waals surface area contributed by atoms with Crippen LogP contribution in [0.15, 0.2) is 24.3 Å². The van der Waals surface area contributed by atoms with E-state index in [0.717, 1.165) is 6.42 Å². The number of para-hydroxylation sites is 2. The number of hydrogen-bond acceptors (Lipinski definition) is 4. The fraction of sp³-hybridized carbons (Fsp3) is 0.588. The molecule has 1 aliphatic rings. The summed E-state index contributed by atoms with van der Waals surface area (Å²) in [6.07, 6.45) is 0.896. The highest BCUT2D eigenvalue weighted by Crippen LogP contribution is 2.24. The summed E-state index contributed by atoms with van der Waals surface area (Å²) in [5, 5.41) is 2.94. The number of hydrogen-bond donors (Lipinski definition) is 1. The molecule has 1 aromatic rings. The van der Waals surface area contributed by atoms with Gasteiger partial charge in [-0.1, -0.05) is 12.1 Å². The third-order valence-electron chi connectivity index (χ3n) is 3.59. The van der Waals surface area contributed by atoms with Crippen molar-refractivity contribution in [2.24, 2.45) is 0 Å². The van der Waals surface area contributed by atoms with E-state index in [9.17, 15) is 4.79 Å². The van der Waals surface area contributed by atoms with Crippen LogP contribution in [0.1, 0.15) is 20.3 Å². The molecule has 0 aromatic heterocycles. The summed E-state index contributed by atoms with van der Waals surface area (Å²) in [4.78, 5) is 14.2. The maximum atomic E-state index is 12.5. The molecule has 0 aliphatic carbocycles. The lowest BCUT2D eigenvalue weighted by molar-refractivity contribution is -0.0530. The highest BCUT2D eigenvalue weighted by molar-refractivity contribution is 5.91. The van der Waals surface area contributed by atoms with Crippen molar-refractivity contribution in [1.82, 2.24) is 4.90 Å². The second-order valence-electron chi connectivity index (χ2n) is 5.78. The van der Waals surface area contributed by atoms with Crippen molar-refractivity contribution in [3.8, 4) is 5.75 Å². The smallest absolute Gasteiger partial charge is 0.322 e. The number of ether oxygens (including phenoxy) is 3. The minimum absolute atomic E-state index is 0.0463. The molecule has 1 fully saturated rings. The molecule has 0 unspecified atom stereocenters.